The van der Waals surface area contributed by atoms with E-state index in [9.17, 15) is 9.59 Å². The van der Waals surface area contributed by atoms with E-state index < -0.39 is 0 Å². The SMILES string of the molecule is Cc1ccccc1-n1c(=S)sc2c(=O)[nH]c(SCC(=O)Nc3ccccc3Cl)nc21. The smallest absolute Gasteiger partial charge is 0.271 e. The van der Waals surface area contributed by atoms with Gasteiger partial charge in [-0.3, -0.25) is 14.2 Å². The van der Waals surface area contributed by atoms with E-state index in [4.69, 9.17) is 23.8 Å². The van der Waals surface area contributed by atoms with Crippen LogP contribution in [0.1, 0.15) is 5.56 Å². The Bertz CT molecular complexity index is 1380. The van der Waals surface area contributed by atoms with Crippen LogP contribution in [0.15, 0.2) is 58.5 Å². The van der Waals surface area contributed by atoms with Crippen molar-refractivity contribution in [1.82, 2.24) is 14.5 Å². The summed E-state index contributed by atoms with van der Waals surface area (Å²) in [6.45, 7) is 1.97. The number of H-pyrrole nitrogens is 1. The van der Waals surface area contributed by atoms with Crippen LogP contribution in [-0.2, 0) is 4.79 Å². The third-order valence-electron chi connectivity index (χ3n) is 4.27. The fourth-order valence-electron chi connectivity index (χ4n) is 2.87. The van der Waals surface area contributed by atoms with Crippen LogP contribution in [0.3, 0.4) is 0 Å². The standard InChI is InChI=1S/C20H15ClN4O2S3/c1-11-6-2-5-9-14(11)25-17-16(30-20(25)28)18(27)24-19(23-17)29-10-15(26)22-13-8-4-3-7-12(13)21/h2-9H,10H2,1H3,(H,22,26)(H,23,24,27). The van der Waals surface area contributed by atoms with Crippen LogP contribution in [-0.4, -0.2) is 26.2 Å². The van der Waals surface area contributed by atoms with Gasteiger partial charge in [0.25, 0.3) is 5.56 Å². The van der Waals surface area contributed by atoms with E-state index in [1.165, 1.54) is 11.3 Å². The number of para-hydroxylation sites is 2. The number of hydrogen-bond acceptors (Lipinski definition) is 6. The highest BCUT2D eigenvalue weighted by Crippen LogP contribution is 2.26. The summed E-state index contributed by atoms with van der Waals surface area (Å²) in [6, 6.07) is 14.8. The van der Waals surface area contributed by atoms with Crippen LogP contribution in [0.4, 0.5) is 5.69 Å². The second-order valence-electron chi connectivity index (χ2n) is 6.33. The van der Waals surface area contributed by atoms with E-state index >= 15 is 0 Å². The van der Waals surface area contributed by atoms with Crippen molar-refractivity contribution >= 4 is 68.9 Å². The van der Waals surface area contributed by atoms with Crippen LogP contribution < -0.4 is 10.9 Å². The molecule has 2 aromatic carbocycles. The molecular formula is C20H15ClN4O2S3. The summed E-state index contributed by atoms with van der Waals surface area (Å²) in [5.74, 6) is -0.188. The van der Waals surface area contributed by atoms with Crippen LogP contribution in [0.25, 0.3) is 16.0 Å². The van der Waals surface area contributed by atoms with Gasteiger partial charge in [-0.15, -0.1) is 0 Å². The van der Waals surface area contributed by atoms with Gasteiger partial charge in [0.05, 0.1) is 22.2 Å². The first-order chi connectivity index (χ1) is 14.4. The molecule has 0 aliphatic rings. The summed E-state index contributed by atoms with van der Waals surface area (Å²) < 4.78 is 2.79. The van der Waals surface area contributed by atoms with Crippen molar-refractivity contribution in [3.8, 4) is 5.69 Å². The third kappa shape index (κ3) is 4.20. The highest BCUT2D eigenvalue weighted by molar-refractivity contribution is 7.99. The lowest BCUT2D eigenvalue weighted by atomic mass is 10.2. The Hall–Kier alpha value is -2.46. The zero-order valence-electron chi connectivity index (χ0n) is 15.6. The number of halogens is 1. The monoisotopic (exact) mass is 474 g/mol. The molecule has 4 rings (SSSR count). The number of aromatic amines is 1. The van der Waals surface area contributed by atoms with Gasteiger partial charge in [0.1, 0.15) is 4.70 Å². The minimum atomic E-state index is -0.280. The van der Waals surface area contributed by atoms with Gasteiger partial charge in [0, 0.05) is 0 Å². The van der Waals surface area contributed by atoms with Crippen molar-refractivity contribution in [2.75, 3.05) is 11.1 Å². The molecule has 10 heteroatoms. The summed E-state index contributed by atoms with van der Waals surface area (Å²) in [4.78, 5) is 32.2. The minimum Gasteiger partial charge on any atom is -0.324 e. The van der Waals surface area contributed by atoms with Crippen molar-refractivity contribution in [3.63, 3.8) is 0 Å². The molecule has 0 fully saturated rings. The van der Waals surface area contributed by atoms with Gasteiger partial charge in [-0.2, -0.15) is 0 Å². The molecule has 4 aromatic rings. The number of aryl methyl sites for hydroxylation is 1. The maximum atomic E-state index is 12.6. The highest BCUT2D eigenvalue weighted by atomic mass is 35.5. The highest BCUT2D eigenvalue weighted by Gasteiger charge is 2.15. The maximum absolute atomic E-state index is 12.6. The molecular weight excluding hydrogens is 460 g/mol. The van der Waals surface area contributed by atoms with Gasteiger partial charge in [-0.1, -0.05) is 65.0 Å². The second-order valence-corrected chi connectivity index (χ2v) is 9.35. The Morgan fingerprint density at radius 3 is 2.77 bits per heavy atom. The average Bonchev–Trinajstić information content (AvgIpc) is 3.05. The van der Waals surface area contributed by atoms with E-state index in [0.29, 0.717) is 30.2 Å². The molecule has 2 aromatic heterocycles. The second kappa shape index (κ2) is 8.73. The molecule has 0 aliphatic carbocycles. The summed E-state index contributed by atoms with van der Waals surface area (Å²) in [7, 11) is 0. The molecule has 0 unspecified atom stereocenters. The first-order valence-corrected chi connectivity index (χ1v) is 11.4. The van der Waals surface area contributed by atoms with Crippen LogP contribution in [0, 0.1) is 10.9 Å². The van der Waals surface area contributed by atoms with E-state index in [-0.39, 0.29) is 17.2 Å². The first kappa shape index (κ1) is 20.8. The summed E-state index contributed by atoms with van der Waals surface area (Å²) in [6.07, 6.45) is 0. The molecule has 30 heavy (non-hydrogen) atoms. The number of thioether (sulfide) groups is 1. The van der Waals surface area contributed by atoms with Crippen molar-refractivity contribution in [1.29, 1.82) is 0 Å². The average molecular weight is 475 g/mol. The number of thiazole rings is 1. The molecule has 0 atom stereocenters. The molecule has 1 amide bonds. The van der Waals surface area contributed by atoms with E-state index in [0.717, 1.165) is 23.0 Å². The number of nitrogens with one attached hydrogen (secondary N) is 2. The molecule has 0 aliphatic heterocycles. The zero-order valence-corrected chi connectivity index (χ0v) is 18.8. The van der Waals surface area contributed by atoms with Crippen molar-refractivity contribution in [3.05, 3.63) is 73.4 Å². The fraction of sp³-hybridized carbons (Fsp3) is 0.100. The lowest BCUT2D eigenvalue weighted by molar-refractivity contribution is -0.113. The Labute approximate surface area is 189 Å². The molecule has 0 spiro atoms. The van der Waals surface area contributed by atoms with Gasteiger partial charge < -0.3 is 10.3 Å². The van der Waals surface area contributed by atoms with E-state index in [2.05, 4.69) is 15.3 Å². The van der Waals surface area contributed by atoms with Gasteiger partial charge in [-0.25, -0.2) is 4.98 Å². The maximum Gasteiger partial charge on any atom is 0.271 e. The van der Waals surface area contributed by atoms with Crippen LogP contribution in [0.5, 0.6) is 0 Å². The predicted molar refractivity (Wildman–Crippen MR) is 126 cm³/mol. The Balaban J connectivity index is 1.63. The predicted octanol–water partition coefficient (Wildman–Crippen LogP) is 5.20. The molecule has 152 valence electrons. The van der Waals surface area contributed by atoms with Gasteiger partial charge in [-0.05, 0) is 42.9 Å². The van der Waals surface area contributed by atoms with E-state index in [1.807, 2.05) is 31.2 Å². The number of anilines is 1. The third-order valence-corrected chi connectivity index (χ3v) is 6.83. The first-order valence-electron chi connectivity index (χ1n) is 8.83. The molecule has 2 N–H and O–H groups in total. The minimum absolute atomic E-state index is 0.0644. The summed E-state index contributed by atoms with van der Waals surface area (Å²) in [5.41, 5.74) is 2.63. The van der Waals surface area contributed by atoms with Gasteiger partial charge in [0.15, 0.2) is 14.8 Å². The quantitative estimate of drug-likeness (QED) is 0.236. The Morgan fingerprint density at radius 2 is 2.00 bits per heavy atom. The van der Waals surface area contributed by atoms with Crippen LogP contribution >= 0.6 is 46.9 Å². The van der Waals surface area contributed by atoms with Gasteiger partial charge >= 0.3 is 0 Å². The van der Waals surface area contributed by atoms with Gasteiger partial charge in [0.2, 0.25) is 5.91 Å². The number of hydrogen-bond donors (Lipinski definition) is 2. The fourth-order valence-corrected chi connectivity index (χ4v) is 4.97. The number of fused-ring (bicyclic) bond motifs is 1. The number of carbonyl (C=O) groups is 1. The molecule has 2 heterocycles. The summed E-state index contributed by atoms with van der Waals surface area (Å²) >= 11 is 13.9. The molecule has 0 saturated heterocycles. The number of benzene rings is 2. The molecule has 0 saturated carbocycles. The van der Waals surface area contributed by atoms with Crippen molar-refractivity contribution in [2.24, 2.45) is 0 Å². The number of carbonyl (C=O) groups excluding carboxylic acids is 1. The topological polar surface area (TPSA) is 79.8 Å². The van der Waals surface area contributed by atoms with Crippen LogP contribution in [0.2, 0.25) is 5.02 Å². The normalized spacial score (nSPS) is 11.0. The zero-order chi connectivity index (χ0) is 21.3. The number of aromatic nitrogens is 3. The number of rotatable bonds is 5. The number of nitrogens with zero attached hydrogens (tertiary/aromatic N) is 2. The lowest BCUT2D eigenvalue weighted by Gasteiger charge is -2.09. The Kier molecular flexibility index (Phi) is 6.05. The van der Waals surface area contributed by atoms with Crippen molar-refractivity contribution < 1.29 is 4.79 Å². The van der Waals surface area contributed by atoms with Crippen molar-refractivity contribution in [2.45, 2.75) is 12.1 Å². The molecule has 6 nitrogen and oxygen atoms in total. The largest absolute Gasteiger partial charge is 0.324 e. The summed E-state index contributed by atoms with van der Waals surface area (Å²) in [5, 5.41) is 3.55. The van der Waals surface area contributed by atoms with E-state index in [1.54, 1.807) is 28.8 Å². The molecule has 0 radical (unpaired) electrons. The lowest BCUT2D eigenvalue weighted by Crippen LogP contribution is -2.16. The Morgan fingerprint density at radius 1 is 1.27 bits per heavy atom. The number of amides is 1. The molecule has 0 bridgehead atoms.